The van der Waals surface area contributed by atoms with Crippen LogP contribution in [0.25, 0.3) is 0 Å². The van der Waals surface area contributed by atoms with Crippen LogP contribution in [0.3, 0.4) is 0 Å². The Morgan fingerprint density at radius 2 is 2.36 bits per heavy atom. The van der Waals surface area contributed by atoms with E-state index in [4.69, 9.17) is 4.74 Å². The fourth-order valence-electron chi connectivity index (χ4n) is 1.64. The van der Waals surface area contributed by atoms with Gasteiger partial charge in [0, 0.05) is 35.0 Å². The molecule has 0 aromatic heterocycles. The molecule has 1 saturated heterocycles. The average Bonchev–Trinajstić information content (AvgIpc) is 2.51. The van der Waals surface area contributed by atoms with E-state index >= 15 is 0 Å². The zero-order valence-electron chi connectivity index (χ0n) is 9.29. The summed E-state index contributed by atoms with van der Waals surface area (Å²) in [4.78, 5) is 0. The molecular formula is C10H21NO2S. The third-order valence-corrected chi connectivity index (χ3v) is 4.27. The third kappa shape index (κ3) is 3.67. The highest BCUT2D eigenvalue weighted by Gasteiger charge is 2.23. The summed E-state index contributed by atoms with van der Waals surface area (Å²) in [7, 11) is -0.693. The first-order chi connectivity index (χ1) is 6.61. The number of rotatable bonds is 5. The molecule has 4 heteroatoms. The third-order valence-electron chi connectivity index (χ3n) is 2.90. The molecule has 0 spiro atoms. The maximum absolute atomic E-state index is 11.1. The minimum Gasteiger partial charge on any atom is -0.377 e. The highest BCUT2D eigenvalue weighted by Crippen LogP contribution is 2.12. The van der Waals surface area contributed by atoms with E-state index in [1.54, 1.807) is 6.26 Å². The molecule has 4 unspecified atom stereocenters. The van der Waals surface area contributed by atoms with Crippen LogP contribution < -0.4 is 5.32 Å². The maximum Gasteiger partial charge on any atom is 0.0700 e. The summed E-state index contributed by atoms with van der Waals surface area (Å²) < 4.78 is 16.5. The van der Waals surface area contributed by atoms with Gasteiger partial charge in [-0.05, 0) is 26.3 Å². The maximum atomic E-state index is 11.1. The lowest BCUT2D eigenvalue weighted by Gasteiger charge is -2.17. The van der Waals surface area contributed by atoms with Crippen LogP contribution in [0.5, 0.6) is 0 Å². The molecule has 1 fully saturated rings. The zero-order chi connectivity index (χ0) is 10.6. The summed E-state index contributed by atoms with van der Waals surface area (Å²) in [5.41, 5.74) is 0. The SMILES string of the molecule is CC1OCCC1NCCC(C)S(C)=O. The van der Waals surface area contributed by atoms with E-state index in [0.717, 1.165) is 26.0 Å². The van der Waals surface area contributed by atoms with Crippen molar-refractivity contribution in [3.63, 3.8) is 0 Å². The topological polar surface area (TPSA) is 38.3 Å². The standard InChI is InChI=1S/C10H21NO2S/c1-8(14(3)12)4-6-11-10-5-7-13-9(10)2/h8-11H,4-7H2,1-3H3. The molecule has 0 bridgehead atoms. The molecular weight excluding hydrogens is 198 g/mol. The molecule has 1 aliphatic heterocycles. The van der Waals surface area contributed by atoms with Crippen LogP contribution in [0, 0.1) is 0 Å². The predicted octanol–water partition coefficient (Wildman–Crippen LogP) is 0.910. The van der Waals surface area contributed by atoms with E-state index in [-0.39, 0.29) is 0 Å². The van der Waals surface area contributed by atoms with E-state index in [1.165, 1.54) is 0 Å². The van der Waals surface area contributed by atoms with Crippen molar-refractivity contribution in [3.8, 4) is 0 Å². The van der Waals surface area contributed by atoms with Gasteiger partial charge in [0.25, 0.3) is 0 Å². The lowest BCUT2D eigenvalue weighted by Crippen LogP contribution is -2.36. The first kappa shape index (κ1) is 12.1. The second kappa shape index (κ2) is 5.83. The molecule has 1 N–H and O–H groups in total. The second-order valence-corrected chi connectivity index (χ2v) is 5.83. The van der Waals surface area contributed by atoms with Gasteiger partial charge in [-0.15, -0.1) is 0 Å². The van der Waals surface area contributed by atoms with Gasteiger partial charge in [0.2, 0.25) is 0 Å². The van der Waals surface area contributed by atoms with Gasteiger partial charge in [-0.25, -0.2) is 0 Å². The molecule has 0 amide bonds. The molecule has 0 aromatic rings. The van der Waals surface area contributed by atoms with Gasteiger partial charge in [0.1, 0.15) is 0 Å². The van der Waals surface area contributed by atoms with Gasteiger partial charge >= 0.3 is 0 Å². The van der Waals surface area contributed by atoms with E-state index in [1.807, 2.05) is 6.92 Å². The Bertz CT molecular complexity index is 199. The van der Waals surface area contributed by atoms with Crippen molar-refractivity contribution in [2.24, 2.45) is 0 Å². The van der Waals surface area contributed by atoms with Crippen molar-refractivity contribution >= 4 is 10.8 Å². The zero-order valence-corrected chi connectivity index (χ0v) is 10.1. The fraction of sp³-hybridized carbons (Fsp3) is 1.00. The van der Waals surface area contributed by atoms with Crippen molar-refractivity contribution in [1.82, 2.24) is 5.32 Å². The summed E-state index contributed by atoms with van der Waals surface area (Å²) in [6, 6.07) is 0.493. The highest BCUT2D eigenvalue weighted by molar-refractivity contribution is 7.84. The van der Waals surface area contributed by atoms with E-state index < -0.39 is 10.8 Å². The van der Waals surface area contributed by atoms with Gasteiger partial charge < -0.3 is 10.1 Å². The lowest BCUT2D eigenvalue weighted by atomic mass is 10.1. The molecule has 3 nitrogen and oxygen atoms in total. The van der Waals surface area contributed by atoms with Crippen molar-refractivity contribution in [3.05, 3.63) is 0 Å². The quantitative estimate of drug-likeness (QED) is 0.747. The molecule has 0 aromatic carbocycles. The Morgan fingerprint density at radius 1 is 1.64 bits per heavy atom. The Kier molecular flexibility index (Phi) is 5.06. The highest BCUT2D eigenvalue weighted by atomic mass is 32.2. The van der Waals surface area contributed by atoms with Gasteiger partial charge in [0.05, 0.1) is 6.10 Å². The van der Waals surface area contributed by atoms with Gasteiger partial charge in [-0.1, -0.05) is 6.92 Å². The smallest absolute Gasteiger partial charge is 0.0700 e. The predicted molar refractivity (Wildman–Crippen MR) is 60.0 cm³/mol. The Balaban J connectivity index is 2.11. The Morgan fingerprint density at radius 3 is 2.86 bits per heavy atom. The summed E-state index contributed by atoms with van der Waals surface area (Å²) in [5, 5.41) is 3.75. The van der Waals surface area contributed by atoms with Crippen molar-refractivity contribution < 1.29 is 8.95 Å². The first-order valence-corrected chi connectivity index (χ1v) is 6.90. The molecule has 14 heavy (non-hydrogen) atoms. The minimum absolute atomic E-state index is 0.292. The minimum atomic E-state index is -0.693. The fourth-order valence-corrected chi connectivity index (χ4v) is 2.09. The lowest BCUT2D eigenvalue weighted by molar-refractivity contribution is 0.113. The van der Waals surface area contributed by atoms with Gasteiger partial charge in [-0.3, -0.25) is 4.21 Å². The van der Waals surface area contributed by atoms with E-state index in [9.17, 15) is 4.21 Å². The van der Waals surface area contributed by atoms with E-state index in [0.29, 0.717) is 17.4 Å². The summed E-state index contributed by atoms with van der Waals surface area (Å²) in [6.45, 7) is 5.95. The molecule has 4 atom stereocenters. The number of hydrogen-bond donors (Lipinski definition) is 1. The normalized spacial score (nSPS) is 31.6. The molecule has 1 heterocycles. The number of nitrogens with one attached hydrogen (secondary N) is 1. The van der Waals surface area contributed by atoms with Gasteiger partial charge in [-0.2, -0.15) is 0 Å². The summed E-state index contributed by atoms with van der Waals surface area (Å²) >= 11 is 0. The average molecular weight is 219 g/mol. The molecule has 0 saturated carbocycles. The number of ether oxygens (including phenoxy) is 1. The second-order valence-electron chi connectivity index (χ2n) is 4.02. The van der Waals surface area contributed by atoms with Crippen LogP contribution in [0.1, 0.15) is 26.7 Å². The number of hydrogen-bond acceptors (Lipinski definition) is 3. The first-order valence-electron chi connectivity index (χ1n) is 5.28. The van der Waals surface area contributed by atoms with Crippen molar-refractivity contribution in [2.45, 2.75) is 44.1 Å². The van der Waals surface area contributed by atoms with Crippen LogP contribution in [0.2, 0.25) is 0 Å². The van der Waals surface area contributed by atoms with Crippen molar-refractivity contribution in [1.29, 1.82) is 0 Å². The molecule has 0 aliphatic carbocycles. The molecule has 1 rings (SSSR count). The van der Waals surface area contributed by atoms with Crippen LogP contribution in [0.4, 0.5) is 0 Å². The van der Waals surface area contributed by atoms with Gasteiger partial charge in [0.15, 0.2) is 0 Å². The summed E-state index contributed by atoms with van der Waals surface area (Å²) in [6.07, 6.45) is 4.18. The molecule has 84 valence electrons. The largest absolute Gasteiger partial charge is 0.377 e. The Labute approximate surface area is 89.1 Å². The Hall–Kier alpha value is 0.0700. The molecule has 1 aliphatic rings. The molecule has 0 radical (unpaired) electrons. The van der Waals surface area contributed by atoms with Crippen LogP contribution in [0.15, 0.2) is 0 Å². The summed E-state index contributed by atoms with van der Waals surface area (Å²) in [5.74, 6) is 0. The van der Waals surface area contributed by atoms with E-state index in [2.05, 4.69) is 12.2 Å². The van der Waals surface area contributed by atoms with Crippen LogP contribution in [-0.2, 0) is 15.5 Å². The van der Waals surface area contributed by atoms with Crippen LogP contribution in [-0.4, -0.2) is 41.0 Å². The van der Waals surface area contributed by atoms with Crippen LogP contribution >= 0.6 is 0 Å². The monoisotopic (exact) mass is 219 g/mol. The van der Waals surface area contributed by atoms with Crippen molar-refractivity contribution in [2.75, 3.05) is 19.4 Å².